The molecule has 1 aliphatic rings. The van der Waals surface area contributed by atoms with E-state index in [2.05, 4.69) is 50.5 Å². The largest absolute Gasteiger partial charge is 2.00 e. The fourth-order valence-electron chi connectivity index (χ4n) is 7.84. The molecular formula is C56H110Br2MgO6. The molecule has 1 fully saturated rings. The fourth-order valence-corrected chi connectivity index (χ4v) is 8.24. The number of halogens is 2. The first-order chi connectivity index (χ1) is 30.5. The van der Waals surface area contributed by atoms with Crippen molar-refractivity contribution in [2.45, 2.75) is 310 Å². The molecule has 0 spiro atoms. The number of ether oxygens (including phenoxy) is 1. The first kappa shape index (κ1) is 74.1. The molecule has 0 atom stereocenters. The van der Waals surface area contributed by atoms with E-state index in [0.29, 0.717) is 31.8 Å². The van der Waals surface area contributed by atoms with Crippen molar-refractivity contribution in [3.63, 3.8) is 0 Å². The van der Waals surface area contributed by atoms with Crippen LogP contribution in [0.4, 0.5) is 0 Å². The van der Waals surface area contributed by atoms with Crippen LogP contribution in [-0.2, 0) is 19.1 Å². The second-order valence-electron chi connectivity index (χ2n) is 19.7. The van der Waals surface area contributed by atoms with Gasteiger partial charge in [-0.25, -0.2) is 0 Å². The summed E-state index contributed by atoms with van der Waals surface area (Å²) in [5.74, 6) is 0.160. The minimum Gasteiger partial charge on any atom is -1.00 e. The predicted molar refractivity (Wildman–Crippen MR) is 284 cm³/mol. The second-order valence-corrected chi connectivity index (χ2v) is 20.5. The maximum Gasteiger partial charge on any atom is 2.00 e. The smallest absolute Gasteiger partial charge is 1.00 e. The topological polar surface area (TPSA) is 101 Å². The van der Waals surface area contributed by atoms with Gasteiger partial charge < -0.3 is 38.9 Å². The standard InChI is InChI=1S/C20H40O2.C16H31BrO2.C16H30O2.C4H9.BrH.Mg/c1-19(2)17-15-13-11-9-7-5-3-4-6-8-10-12-14-16-18-20(21)22;17-15-13-11-9-7-5-3-1-2-4-6-8-10-12-14-16(18)19;17-16-14-12-10-8-6-4-2-1-3-5-7-9-11-13-15-18-16;1-4(2)3;;/h19H,3-18H2,1-2H3,(H,21,22);1-15H2,(H,18,19);1-15H2;4H,1H2,2-3H3;1H;/q;;;-1;;+2/p-1. The van der Waals surface area contributed by atoms with E-state index in [0.717, 1.165) is 49.8 Å². The van der Waals surface area contributed by atoms with Crippen molar-refractivity contribution in [2.75, 3.05) is 11.9 Å². The maximum atomic E-state index is 11.4. The maximum absolute atomic E-state index is 11.4. The molecule has 2 N–H and O–H groups in total. The molecule has 0 aromatic heterocycles. The van der Waals surface area contributed by atoms with Gasteiger partial charge in [-0.05, 0) is 38.0 Å². The Bertz CT molecular complexity index is 883. The average Bonchev–Trinajstić information content (AvgIpc) is 3.23. The van der Waals surface area contributed by atoms with Crippen LogP contribution in [0, 0.1) is 18.8 Å². The van der Waals surface area contributed by atoms with Crippen LogP contribution in [0.5, 0.6) is 0 Å². The van der Waals surface area contributed by atoms with Gasteiger partial charge in [-0.15, -0.1) is 0 Å². The van der Waals surface area contributed by atoms with Crippen LogP contribution >= 0.6 is 15.9 Å². The number of hydrogen-bond acceptors (Lipinski definition) is 4. The first-order valence-corrected chi connectivity index (χ1v) is 28.6. The Morgan fingerprint density at radius 1 is 0.477 bits per heavy atom. The van der Waals surface area contributed by atoms with Gasteiger partial charge in [0, 0.05) is 24.6 Å². The molecule has 0 unspecified atom stereocenters. The molecule has 0 aromatic rings. The number of unbranched alkanes of at least 4 members (excludes halogenated alkanes) is 25. The van der Waals surface area contributed by atoms with Gasteiger partial charge in [0.25, 0.3) is 0 Å². The summed E-state index contributed by atoms with van der Waals surface area (Å²) in [5.41, 5.74) is 0. The van der Waals surface area contributed by atoms with E-state index >= 15 is 0 Å². The number of rotatable bonds is 32. The van der Waals surface area contributed by atoms with Crippen molar-refractivity contribution < 1.29 is 46.3 Å². The van der Waals surface area contributed by atoms with E-state index in [9.17, 15) is 14.4 Å². The summed E-state index contributed by atoms with van der Waals surface area (Å²) >= 11 is 3.46. The molecule has 0 amide bonds. The Morgan fingerprint density at radius 2 is 0.723 bits per heavy atom. The zero-order valence-corrected chi connectivity index (χ0v) is 48.5. The van der Waals surface area contributed by atoms with Gasteiger partial charge in [-0.3, -0.25) is 14.4 Å². The summed E-state index contributed by atoms with van der Waals surface area (Å²) in [6.07, 6.45) is 54.8. The number of carbonyl (C=O) groups is 3. The Kier molecular flexibility index (Phi) is 75.5. The number of aliphatic carboxylic acids is 2. The van der Waals surface area contributed by atoms with Crippen LogP contribution in [0.2, 0.25) is 0 Å². The van der Waals surface area contributed by atoms with E-state index in [1.807, 2.05) is 0 Å². The monoisotopic (exact) mass is 1060 g/mol. The number of carbonyl (C=O) groups excluding carboxylic acids is 1. The summed E-state index contributed by atoms with van der Waals surface area (Å²) in [6, 6.07) is 0. The van der Waals surface area contributed by atoms with E-state index in [1.165, 1.54) is 225 Å². The summed E-state index contributed by atoms with van der Waals surface area (Å²) in [4.78, 5) is 32.1. The molecule has 1 rings (SSSR count). The molecule has 1 heterocycles. The SMILES string of the molecule is CC(C)CCCCCCCCCCCCCCCCC(=O)O.O=C(O)CCCCCCCCCCCCCCCBr.O=C1CCCCCCCCCCCCCCCO1.[Br-].[CH2-]C(C)C.[Mg+2]. The summed E-state index contributed by atoms with van der Waals surface area (Å²) in [5, 5.41) is 18.2. The van der Waals surface area contributed by atoms with Crippen molar-refractivity contribution in [3.05, 3.63) is 6.92 Å². The molecule has 0 bridgehead atoms. The number of alkyl halides is 1. The van der Waals surface area contributed by atoms with Crippen LogP contribution in [0.3, 0.4) is 0 Å². The second kappa shape index (κ2) is 66.2. The molecule has 0 saturated carbocycles. The van der Waals surface area contributed by atoms with E-state index in [1.54, 1.807) is 0 Å². The molecule has 0 aliphatic carbocycles. The minimum absolute atomic E-state index is 0. The molecule has 386 valence electrons. The van der Waals surface area contributed by atoms with Crippen LogP contribution in [0.25, 0.3) is 0 Å². The van der Waals surface area contributed by atoms with Crippen molar-refractivity contribution in [2.24, 2.45) is 11.8 Å². The van der Waals surface area contributed by atoms with E-state index < -0.39 is 11.9 Å². The summed E-state index contributed by atoms with van der Waals surface area (Å²) < 4.78 is 5.23. The molecule has 1 aliphatic heterocycles. The van der Waals surface area contributed by atoms with Gasteiger partial charge >= 0.3 is 41.0 Å². The minimum atomic E-state index is -0.656. The van der Waals surface area contributed by atoms with Crippen molar-refractivity contribution in [3.8, 4) is 0 Å². The van der Waals surface area contributed by atoms with Gasteiger partial charge in [0.1, 0.15) is 0 Å². The average molecular weight is 1060 g/mol. The zero-order chi connectivity index (χ0) is 47.1. The molecule has 1 saturated heterocycles. The van der Waals surface area contributed by atoms with Crippen LogP contribution < -0.4 is 17.0 Å². The Labute approximate surface area is 441 Å². The Balaban J connectivity index is -0.000000262. The number of esters is 1. The normalized spacial score (nSPS) is 13.9. The number of hydrogen-bond donors (Lipinski definition) is 2. The van der Waals surface area contributed by atoms with Gasteiger partial charge in [-0.1, -0.05) is 275 Å². The zero-order valence-electron chi connectivity index (χ0n) is 43.9. The van der Waals surface area contributed by atoms with Gasteiger partial charge in [0.15, 0.2) is 0 Å². The van der Waals surface area contributed by atoms with Crippen LogP contribution in [0.15, 0.2) is 0 Å². The van der Waals surface area contributed by atoms with E-state index in [4.69, 9.17) is 14.9 Å². The third kappa shape index (κ3) is 84.5. The van der Waals surface area contributed by atoms with Crippen LogP contribution in [-0.4, -0.2) is 63.1 Å². The number of cyclic esters (lactones) is 1. The predicted octanol–water partition coefficient (Wildman–Crippen LogP) is 16.0. The molecule has 9 heteroatoms. The Morgan fingerprint density at radius 3 is 1.00 bits per heavy atom. The van der Waals surface area contributed by atoms with E-state index in [-0.39, 0.29) is 46.0 Å². The molecule has 0 radical (unpaired) electrons. The first-order valence-electron chi connectivity index (χ1n) is 27.5. The third-order valence-corrected chi connectivity index (χ3v) is 12.3. The molecule has 0 aromatic carbocycles. The Hall–Kier alpha value is 0.136. The molecule has 6 nitrogen and oxygen atoms in total. The third-order valence-electron chi connectivity index (χ3n) is 11.7. The quantitative estimate of drug-likeness (QED) is 0.0229. The number of carboxylic acids is 2. The van der Waals surface area contributed by atoms with Crippen molar-refractivity contribution in [1.29, 1.82) is 0 Å². The number of carboxylic acid groups (broad SMARTS) is 2. The molecular weight excluding hydrogens is 953 g/mol. The fraction of sp³-hybridized carbons (Fsp3) is 0.929. The van der Waals surface area contributed by atoms with Gasteiger partial charge in [0.2, 0.25) is 0 Å². The summed E-state index contributed by atoms with van der Waals surface area (Å²) in [7, 11) is 0. The van der Waals surface area contributed by atoms with Crippen LogP contribution in [0.1, 0.15) is 310 Å². The van der Waals surface area contributed by atoms with Crippen molar-refractivity contribution >= 4 is 56.9 Å². The summed E-state index contributed by atoms with van der Waals surface area (Å²) in [6.45, 7) is 13.0. The van der Waals surface area contributed by atoms with Gasteiger partial charge in [-0.2, -0.15) is 5.92 Å². The van der Waals surface area contributed by atoms with Crippen molar-refractivity contribution in [1.82, 2.24) is 0 Å². The van der Waals surface area contributed by atoms with Gasteiger partial charge in [0.05, 0.1) is 6.61 Å². The molecule has 65 heavy (non-hydrogen) atoms.